The molecule has 1 aliphatic heterocycles. The number of hydrogen-bond acceptors (Lipinski definition) is 3. The van der Waals surface area contributed by atoms with Gasteiger partial charge in [0.1, 0.15) is 6.04 Å². The lowest BCUT2D eigenvalue weighted by molar-refractivity contribution is -0.146. The largest absolute Gasteiger partial charge is 0.480 e. The molecule has 28 heavy (non-hydrogen) atoms. The molecule has 0 aliphatic carbocycles. The van der Waals surface area contributed by atoms with Gasteiger partial charge in [0.15, 0.2) is 0 Å². The van der Waals surface area contributed by atoms with Gasteiger partial charge in [-0.25, -0.2) is 0 Å². The summed E-state index contributed by atoms with van der Waals surface area (Å²) in [5.41, 5.74) is 2.12. The quantitative estimate of drug-likeness (QED) is 0.672. The predicted octanol–water partition coefficient (Wildman–Crippen LogP) is 3.50. The number of aliphatic carboxylic acids is 1. The molecule has 142 valence electrons. The van der Waals surface area contributed by atoms with Crippen molar-refractivity contribution in [2.45, 2.75) is 24.1 Å². The lowest BCUT2D eigenvalue weighted by atomic mass is 9.75. The number of benzene rings is 3. The Kier molecular flexibility index (Phi) is 4.99. The number of aliphatic hydroxyl groups is 1. The Morgan fingerprint density at radius 1 is 0.786 bits per heavy atom. The Balaban J connectivity index is 2.06. The number of aliphatic hydroxyl groups excluding tert-OH is 1. The molecule has 2 atom stereocenters. The van der Waals surface area contributed by atoms with Crippen molar-refractivity contribution in [1.82, 2.24) is 4.90 Å². The molecular weight excluding hydrogens is 350 g/mol. The van der Waals surface area contributed by atoms with Gasteiger partial charge in [0.25, 0.3) is 0 Å². The van der Waals surface area contributed by atoms with Crippen LogP contribution in [-0.4, -0.2) is 39.8 Å². The minimum Gasteiger partial charge on any atom is -0.480 e. The van der Waals surface area contributed by atoms with Gasteiger partial charge >= 0.3 is 5.97 Å². The first-order chi connectivity index (χ1) is 13.7. The molecule has 1 unspecified atom stereocenters. The van der Waals surface area contributed by atoms with Crippen LogP contribution in [0, 0.1) is 0 Å². The van der Waals surface area contributed by atoms with Gasteiger partial charge in [-0.15, -0.1) is 0 Å². The first kappa shape index (κ1) is 18.4. The maximum absolute atomic E-state index is 12.2. The monoisotopic (exact) mass is 373 g/mol. The number of carbonyl (C=O) groups is 1. The van der Waals surface area contributed by atoms with E-state index < -0.39 is 23.7 Å². The van der Waals surface area contributed by atoms with E-state index in [1.165, 1.54) is 0 Å². The van der Waals surface area contributed by atoms with Crippen molar-refractivity contribution in [2.75, 3.05) is 6.54 Å². The van der Waals surface area contributed by atoms with Crippen LogP contribution in [0.5, 0.6) is 0 Å². The fourth-order valence-corrected chi connectivity index (χ4v) is 4.49. The second-order valence-electron chi connectivity index (χ2n) is 7.14. The molecule has 3 aromatic rings. The summed E-state index contributed by atoms with van der Waals surface area (Å²) in [7, 11) is 0. The zero-order valence-electron chi connectivity index (χ0n) is 15.5. The average molecular weight is 373 g/mol. The summed E-state index contributed by atoms with van der Waals surface area (Å²) in [5.74, 6) is -1.00. The van der Waals surface area contributed by atoms with Crippen LogP contribution in [0.1, 0.15) is 23.1 Å². The van der Waals surface area contributed by atoms with Gasteiger partial charge in [-0.1, -0.05) is 91.0 Å². The average Bonchev–Trinajstić information content (AvgIpc) is 3.13. The van der Waals surface area contributed by atoms with Crippen LogP contribution < -0.4 is 0 Å². The lowest BCUT2D eigenvalue weighted by Gasteiger charge is -2.45. The molecule has 2 N–H and O–H groups in total. The Bertz CT molecular complexity index is 831. The predicted molar refractivity (Wildman–Crippen MR) is 108 cm³/mol. The summed E-state index contributed by atoms with van der Waals surface area (Å²) in [6, 6.07) is 28.9. The molecule has 0 bridgehead atoms. The smallest absolute Gasteiger partial charge is 0.323 e. The Morgan fingerprint density at radius 3 is 1.54 bits per heavy atom. The second-order valence-corrected chi connectivity index (χ2v) is 7.14. The Morgan fingerprint density at radius 2 is 1.18 bits per heavy atom. The normalized spacial score (nSPS) is 20.2. The van der Waals surface area contributed by atoms with Crippen molar-refractivity contribution < 1.29 is 15.0 Å². The molecule has 1 fully saturated rings. The molecule has 0 saturated carbocycles. The summed E-state index contributed by atoms with van der Waals surface area (Å²) in [4.78, 5) is 14.1. The van der Waals surface area contributed by atoms with Crippen LogP contribution in [-0.2, 0) is 10.3 Å². The lowest BCUT2D eigenvalue weighted by Crippen LogP contribution is -2.54. The van der Waals surface area contributed by atoms with Gasteiger partial charge in [-0.2, -0.15) is 0 Å². The third-order valence-corrected chi connectivity index (χ3v) is 5.62. The summed E-state index contributed by atoms with van der Waals surface area (Å²) in [6.07, 6.45) is -0.487. The van der Waals surface area contributed by atoms with E-state index in [-0.39, 0.29) is 0 Å². The molecule has 0 spiro atoms. The highest BCUT2D eigenvalue weighted by molar-refractivity contribution is 5.75. The molecule has 4 nitrogen and oxygen atoms in total. The summed E-state index contributed by atoms with van der Waals surface area (Å²) < 4.78 is 0. The maximum atomic E-state index is 12.2. The van der Waals surface area contributed by atoms with Crippen molar-refractivity contribution >= 4 is 5.97 Å². The molecule has 1 aliphatic rings. The number of likely N-dealkylation sites (tertiary alicyclic amines) is 1. The maximum Gasteiger partial charge on any atom is 0.323 e. The molecule has 3 aromatic carbocycles. The van der Waals surface area contributed by atoms with Crippen LogP contribution >= 0.6 is 0 Å². The van der Waals surface area contributed by atoms with Crippen LogP contribution in [0.3, 0.4) is 0 Å². The van der Waals surface area contributed by atoms with E-state index >= 15 is 0 Å². The molecule has 4 heteroatoms. The van der Waals surface area contributed by atoms with E-state index in [1.54, 1.807) is 0 Å². The van der Waals surface area contributed by atoms with Crippen molar-refractivity contribution in [3.05, 3.63) is 108 Å². The van der Waals surface area contributed by atoms with Crippen LogP contribution in [0.25, 0.3) is 0 Å². The van der Waals surface area contributed by atoms with Crippen molar-refractivity contribution in [1.29, 1.82) is 0 Å². The topological polar surface area (TPSA) is 60.8 Å². The SMILES string of the molecule is O=C(O)C1[C@@H](O)CCN1C(c1ccccc1)(c1ccccc1)c1ccccc1. The Labute approximate surface area is 164 Å². The van der Waals surface area contributed by atoms with Gasteiger partial charge in [0.2, 0.25) is 0 Å². The third kappa shape index (κ3) is 2.91. The first-order valence-corrected chi connectivity index (χ1v) is 9.50. The summed E-state index contributed by atoms with van der Waals surface area (Å²) in [6.45, 7) is 0.483. The van der Waals surface area contributed by atoms with Crippen LogP contribution in [0.4, 0.5) is 0 Å². The number of hydrogen-bond donors (Lipinski definition) is 2. The van der Waals surface area contributed by atoms with E-state index in [0.29, 0.717) is 13.0 Å². The number of rotatable bonds is 5. The molecule has 4 rings (SSSR count). The fourth-order valence-electron chi connectivity index (χ4n) is 4.49. The second kappa shape index (κ2) is 7.58. The fraction of sp³-hybridized carbons (Fsp3) is 0.208. The minimum atomic E-state index is -1.00. The number of carboxylic acids is 1. The summed E-state index contributed by atoms with van der Waals surface area (Å²) >= 11 is 0. The standard InChI is InChI=1S/C24H23NO3/c26-21-16-17-25(22(21)23(27)28)24(18-10-4-1-5-11-18,19-12-6-2-7-13-19)20-14-8-3-9-15-20/h1-15,21-22,26H,16-17H2,(H,27,28)/t21-,22?/m0/s1. The van der Waals surface area contributed by atoms with Gasteiger partial charge in [0.05, 0.1) is 11.6 Å². The van der Waals surface area contributed by atoms with Crippen LogP contribution in [0.2, 0.25) is 0 Å². The zero-order chi connectivity index (χ0) is 19.6. The van der Waals surface area contributed by atoms with E-state index in [2.05, 4.69) is 0 Å². The van der Waals surface area contributed by atoms with Gasteiger partial charge in [0, 0.05) is 6.54 Å². The highest BCUT2D eigenvalue weighted by Gasteiger charge is 2.52. The zero-order valence-corrected chi connectivity index (χ0v) is 15.5. The van der Waals surface area contributed by atoms with E-state index in [1.807, 2.05) is 95.9 Å². The molecular formula is C24H23NO3. The highest BCUT2D eigenvalue weighted by atomic mass is 16.4. The number of carboxylic acid groups (broad SMARTS) is 1. The van der Waals surface area contributed by atoms with Crippen molar-refractivity contribution in [3.63, 3.8) is 0 Å². The van der Waals surface area contributed by atoms with Crippen molar-refractivity contribution in [2.24, 2.45) is 0 Å². The van der Waals surface area contributed by atoms with E-state index in [0.717, 1.165) is 16.7 Å². The van der Waals surface area contributed by atoms with Gasteiger partial charge in [-0.3, -0.25) is 9.69 Å². The van der Waals surface area contributed by atoms with E-state index in [4.69, 9.17) is 0 Å². The Hall–Kier alpha value is -2.95. The molecule has 1 heterocycles. The molecule has 0 amide bonds. The number of nitrogens with zero attached hydrogens (tertiary/aromatic N) is 1. The van der Waals surface area contributed by atoms with E-state index in [9.17, 15) is 15.0 Å². The first-order valence-electron chi connectivity index (χ1n) is 9.50. The van der Waals surface area contributed by atoms with Gasteiger partial charge in [-0.05, 0) is 23.1 Å². The van der Waals surface area contributed by atoms with Crippen molar-refractivity contribution in [3.8, 4) is 0 Å². The molecule has 0 aromatic heterocycles. The molecule has 1 saturated heterocycles. The minimum absolute atomic E-state index is 0.422. The third-order valence-electron chi connectivity index (χ3n) is 5.62. The van der Waals surface area contributed by atoms with Crippen LogP contribution in [0.15, 0.2) is 91.0 Å². The van der Waals surface area contributed by atoms with Gasteiger partial charge < -0.3 is 10.2 Å². The summed E-state index contributed by atoms with van der Waals surface area (Å²) in [5, 5.41) is 20.5. The highest BCUT2D eigenvalue weighted by Crippen LogP contribution is 2.45. The molecule has 0 radical (unpaired) electrons.